The van der Waals surface area contributed by atoms with Crippen LogP contribution >= 0.6 is 0 Å². The number of aliphatic carboxylic acids is 1. The zero-order valence-corrected chi connectivity index (χ0v) is 33.0. The first-order valence-electron chi connectivity index (χ1n) is 19.6. The van der Waals surface area contributed by atoms with Gasteiger partial charge in [-0.2, -0.15) is 10.2 Å². The van der Waals surface area contributed by atoms with Gasteiger partial charge in [0, 0.05) is 55.1 Å². The van der Waals surface area contributed by atoms with E-state index < -0.39 is 41.6 Å². The largest absolute Gasteiger partial charge is 0.491 e. The number of carboxylic acids is 1. The minimum absolute atomic E-state index is 0.0167. The van der Waals surface area contributed by atoms with Gasteiger partial charge in [-0.1, -0.05) is 20.8 Å². The molecule has 4 heterocycles. The molecule has 17 heteroatoms. The lowest BCUT2D eigenvalue weighted by atomic mass is 9.93. The molecule has 5 unspecified atom stereocenters. The fraction of sp³-hybridized carbons (Fsp3) is 0.439. The highest BCUT2D eigenvalue weighted by Gasteiger charge is 2.46. The third-order valence-electron chi connectivity index (χ3n) is 11.2. The minimum atomic E-state index is -1.53. The van der Waals surface area contributed by atoms with Crippen molar-refractivity contribution < 1.29 is 32.9 Å². The summed E-state index contributed by atoms with van der Waals surface area (Å²) in [5.74, 6) is -3.64. The van der Waals surface area contributed by atoms with Crippen molar-refractivity contribution in [2.24, 2.45) is 5.92 Å². The van der Waals surface area contributed by atoms with Gasteiger partial charge in [0.15, 0.2) is 0 Å². The Hall–Kier alpha value is -5.65. The van der Waals surface area contributed by atoms with Gasteiger partial charge in [0.25, 0.3) is 0 Å². The number of carbonyl (C=O) groups is 1. The number of ether oxygens (including phenoxy) is 3. The van der Waals surface area contributed by atoms with Crippen LogP contribution in [0.3, 0.4) is 0 Å². The molecule has 58 heavy (non-hydrogen) atoms. The van der Waals surface area contributed by atoms with Crippen LogP contribution in [0.25, 0.3) is 5.69 Å². The number of piperazine rings is 1. The summed E-state index contributed by atoms with van der Waals surface area (Å²) in [4.78, 5) is 36.1. The molecule has 2 saturated heterocycles. The molecule has 1 N–H and O–H groups in total. The summed E-state index contributed by atoms with van der Waals surface area (Å²) in [6.45, 7) is 12.2. The van der Waals surface area contributed by atoms with E-state index in [0.29, 0.717) is 24.5 Å². The maximum absolute atomic E-state index is 14.9. The number of hydrogen-bond donors (Lipinski definition) is 1. The number of nitrogens with zero attached hydrogens (tertiary/aromatic N) is 9. The Morgan fingerprint density at radius 3 is 2.16 bits per heavy atom. The Morgan fingerprint density at radius 1 is 0.931 bits per heavy atom. The maximum Gasteiger partial charge on any atom is 0.350 e. The third kappa shape index (κ3) is 8.47. The van der Waals surface area contributed by atoms with Crippen molar-refractivity contribution in [3.05, 3.63) is 113 Å². The zero-order chi connectivity index (χ0) is 41.0. The molecule has 2 fully saturated rings. The van der Waals surface area contributed by atoms with E-state index >= 15 is 0 Å². The van der Waals surface area contributed by atoms with E-state index in [-0.39, 0.29) is 36.9 Å². The summed E-state index contributed by atoms with van der Waals surface area (Å²) < 4.78 is 51.3. The van der Waals surface area contributed by atoms with E-state index in [9.17, 15) is 23.5 Å². The van der Waals surface area contributed by atoms with Gasteiger partial charge in [0.2, 0.25) is 5.79 Å². The van der Waals surface area contributed by atoms with Gasteiger partial charge in [-0.15, -0.1) is 0 Å². The number of halogens is 2. The van der Waals surface area contributed by atoms with Gasteiger partial charge in [0.1, 0.15) is 61.7 Å². The second-order valence-electron chi connectivity index (χ2n) is 14.6. The molecule has 2 aromatic heterocycles. The quantitative estimate of drug-likeness (QED) is 0.149. The monoisotopic (exact) mass is 801 g/mol. The van der Waals surface area contributed by atoms with Crippen molar-refractivity contribution in [2.75, 3.05) is 62.3 Å². The molecule has 0 amide bonds. The van der Waals surface area contributed by atoms with Crippen LogP contribution in [0.2, 0.25) is 0 Å². The molecule has 0 bridgehead atoms. The second-order valence-corrected chi connectivity index (χ2v) is 14.6. The molecule has 7 rings (SSSR count). The molecular weight excluding hydrogens is 753 g/mol. The van der Waals surface area contributed by atoms with Crippen molar-refractivity contribution in [3.63, 3.8) is 0 Å². The molecule has 2 aliphatic heterocycles. The van der Waals surface area contributed by atoms with Gasteiger partial charge in [-0.05, 0) is 80.7 Å². The first-order chi connectivity index (χ1) is 28.0. The highest BCUT2D eigenvalue weighted by Crippen LogP contribution is 2.38. The van der Waals surface area contributed by atoms with Crippen LogP contribution in [-0.2, 0) is 26.6 Å². The van der Waals surface area contributed by atoms with Crippen LogP contribution in [0.5, 0.6) is 5.75 Å². The van der Waals surface area contributed by atoms with Crippen molar-refractivity contribution in [3.8, 4) is 11.4 Å². The Morgan fingerprint density at radius 2 is 1.57 bits per heavy atom. The van der Waals surface area contributed by atoms with E-state index in [1.807, 2.05) is 81.1 Å². The van der Waals surface area contributed by atoms with E-state index in [2.05, 4.69) is 25.0 Å². The fourth-order valence-corrected chi connectivity index (χ4v) is 7.86. The summed E-state index contributed by atoms with van der Waals surface area (Å²) >= 11 is 0. The van der Waals surface area contributed by atoms with E-state index in [1.165, 1.54) is 45.0 Å². The lowest BCUT2D eigenvalue weighted by Crippen LogP contribution is -2.48. The van der Waals surface area contributed by atoms with Crippen molar-refractivity contribution in [1.29, 1.82) is 0 Å². The molecule has 3 aromatic carbocycles. The SMILES string of the molecule is CCN(CC)C(C(=O)O)C(C)C(C)n1ncn(-c2ccc(N3CCN(c4ccc(OCC5COC(Cn6cncn6)(c6ccc(F)cc6F)O5)cc4)CC3)cc2)c1=O. The number of hydrogen-bond acceptors (Lipinski definition) is 11. The normalized spacial score (nSPS) is 20.0. The van der Waals surface area contributed by atoms with E-state index in [1.54, 1.807) is 0 Å². The summed E-state index contributed by atoms with van der Waals surface area (Å²) in [6, 6.07) is 17.8. The molecule has 15 nitrogen and oxygen atoms in total. The van der Waals surface area contributed by atoms with Crippen LogP contribution in [-0.4, -0.2) is 110 Å². The molecule has 308 valence electrons. The van der Waals surface area contributed by atoms with Crippen molar-refractivity contribution in [1.82, 2.24) is 34.0 Å². The predicted molar refractivity (Wildman–Crippen MR) is 211 cm³/mol. The lowest BCUT2D eigenvalue weighted by Gasteiger charge is -2.37. The standard InChI is InChI=1S/C41H49F2N9O6/c1-5-47(6-2)38(39(53)54)28(3)29(4)52-40(55)51(27-46-52)33-10-8-31(9-11-33)48-17-19-49(20-18-48)32-12-14-34(15-13-32)56-22-35-23-57-41(58-35,24-50-26-44-25-45-50)36-16-7-30(42)21-37(36)43/h7-16,21,25-29,35,38H,5-6,17-20,22-24H2,1-4H3,(H,53,54). The number of rotatable bonds is 16. The minimum Gasteiger partial charge on any atom is -0.491 e. The maximum atomic E-state index is 14.9. The first-order valence-corrected chi connectivity index (χ1v) is 19.6. The van der Waals surface area contributed by atoms with E-state index in [0.717, 1.165) is 43.6 Å². The Kier molecular flexibility index (Phi) is 12.2. The average molecular weight is 802 g/mol. The summed E-state index contributed by atoms with van der Waals surface area (Å²) in [6.07, 6.45) is 3.79. The fourth-order valence-electron chi connectivity index (χ4n) is 7.86. The zero-order valence-electron chi connectivity index (χ0n) is 33.0. The molecule has 5 atom stereocenters. The van der Waals surface area contributed by atoms with Crippen LogP contribution in [0.15, 0.2) is 90.5 Å². The molecule has 0 spiro atoms. The van der Waals surface area contributed by atoms with Gasteiger partial charge >= 0.3 is 11.7 Å². The number of anilines is 2. The highest BCUT2D eigenvalue weighted by atomic mass is 19.1. The number of aromatic nitrogens is 6. The van der Waals surface area contributed by atoms with E-state index in [4.69, 9.17) is 14.2 Å². The van der Waals surface area contributed by atoms with Gasteiger partial charge in [-0.25, -0.2) is 32.5 Å². The van der Waals surface area contributed by atoms with Crippen molar-refractivity contribution >= 4 is 17.3 Å². The van der Waals surface area contributed by atoms with Crippen LogP contribution < -0.4 is 20.2 Å². The van der Waals surface area contributed by atoms with Gasteiger partial charge in [-0.3, -0.25) is 9.69 Å². The Labute approximate surface area is 335 Å². The van der Waals surface area contributed by atoms with Crippen LogP contribution in [0.1, 0.15) is 39.3 Å². The lowest BCUT2D eigenvalue weighted by molar-refractivity contribution is -0.192. The average Bonchev–Trinajstić information content (AvgIpc) is 4.00. The molecule has 0 radical (unpaired) electrons. The Balaban J connectivity index is 0.917. The topological polar surface area (TPSA) is 145 Å². The summed E-state index contributed by atoms with van der Waals surface area (Å²) in [5, 5.41) is 18.5. The van der Waals surface area contributed by atoms with Crippen LogP contribution in [0, 0.1) is 17.6 Å². The molecular formula is C41H49F2N9O6. The smallest absolute Gasteiger partial charge is 0.350 e. The molecule has 0 saturated carbocycles. The first kappa shape index (κ1) is 40.5. The number of likely N-dealkylation sites (N-methyl/N-ethyl adjacent to an activating group) is 1. The Bertz CT molecular complexity index is 2190. The van der Waals surface area contributed by atoms with Gasteiger partial charge in [0.05, 0.1) is 18.3 Å². The number of benzene rings is 3. The highest BCUT2D eigenvalue weighted by molar-refractivity contribution is 5.74. The second kappa shape index (κ2) is 17.5. The molecule has 0 aliphatic carbocycles. The molecule has 5 aromatic rings. The molecule has 2 aliphatic rings. The third-order valence-corrected chi connectivity index (χ3v) is 11.2. The summed E-state index contributed by atoms with van der Waals surface area (Å²) in [5.41, 5.74) is 2.53. The van der Waals surface area contributed by atoms with Gasteiger partial charge < -0.3 is 29.1 Å². The summed E-state index contributed by atoms with van der Waals surface area (Å²) in [7, 11) is 0. The van der Waals surface area contributed by atoms with Crippen molar-refractivity contribution in [2.45, 2.75) is 58.2 Å². The number of carboxylic acid groups (broad SMARTS) is 1. The predicted octanol–water partition coefficient (Wildman–Crippen LogP) is 4.57. The van der Waals surface area contributed by atoms with Crippen LogP contribution in [0.4, 0.5) is 20.2 Å².